The van der Waals surface area contributed by atoms with Crippen LogP contribution in [0, 0.1) is 0 Å². The standard InChI is InChI=1S/C21H24N8O2/c1-3-19(30)26-17-6-4-5-15(9-17)14-29-20-16(12-25-29)11-24-21(28-20)27-18(10-22)13-23-7-8-31-2/h3-6,9-13H,1,7-8,14,22H2,2H3,(H,26,30)(H,24,27,28). The molecule has 0 aliphatic rings. The lowest BCUT2D eigenvalue weighted by molar-refractivity contribution is -0.111. The van der Waals surface area contributed by atoms with Crippen LogP contribution in [0.1, 0.15) is 5.56 Å². The first-order valence-electron chi connectivity index (χ1n) is 9.51. The third kappa shape index (κ3) is 5.97. The second kappa shape index (κ2) is 10.6. The number of benzene rings is 1. The van der Waals surface area contributed by atoms with Gasteiger partial charge in [0.15, 0.2) is 5.65 Å². The first-order valence-corrected chi connectivity index (χ1v) is 9.51. The van der Waals surface area contributed by atoms with Crippen molar-refractivity contribution in [1.82, 2.24) is 19.7 Å². The number of amides is 1. The fourth-order valence-corrected chi connectivity index (χ4v) is 2.71. The van der Waals surface area contributed by atoms with E-state index in [9.17, 15) is 4.79 Å². The molecule has 1 aromatic carbocycles. The van der Waals surface area contributed by atoms with Gasteiger partial charge in [0.2, 0.25) is 11.9 Å². The molecule has 0 bridgehead atoms. The van der Waals surface area contributed by atoms with Crippen LogP contribution in [0.4, 0.5) is 11.6 Å². The van der Waals surface area contributed by atoms with Crippen molar-refractivity contribution < 1.29 is 9.53 Å². The van der Waals surface area contributed by atoms with Crippen LogP contribution in [-0.2, 0) is 16.1 Å². The van der Waals surface area contributed by atoms with Crippen molar-refractivity contribution in [2.24, 2.45) is 10.7 Å². The van der Waals surface area contributed by atoms with Crippen LogP contribution >= 0.6 is 0 Å². The van der Waals surface area contributed by atoms with E-state index in [1.54, 1.807) is 30.4 Å². The van der Waals surface area contributed by atoms with Crippen LogP contribution in [0.2, 0.25) is 0 Å². The highest BCUT2D eigenvalue weighted by molar-refractivity contribution is 5.98. The van der Waals surface area contributed by atoms with Crippen molar-refractivity contribution in [2.45, 2.75) is 6.54 Å². The molecule has 1 amide bonds. The van der Waals surface area contributed by atoms with Gasteiger partial charge in [-0.25, -0.2) is 9.67 Å². The highest BCUT2D eigenvalue weighted by Crippen LogP contribution is 2.17. The van der Waals surface area contributed by atoms with Gasteiger partial charge in [0, 0.05) is 31.4 Å². The summed E-state index contributed by atoms with van der Waals surface area (Å²) in [6.07, 6.45) is 7.61. The SMILES string of the molecule is C=CC(=O)Nc1cccc(Cn2ncc3cnc(NC(C=NCCOC)=CN)nc32)c1. The van der Waals surface area contributed by atoms with E-state index in [-0.39, 0.29) is 5.91 Å². The molecular weight excluding hydrogens is 396 g/mol. The van der Waals surface area contributed by atoms with E-state index >= 15 is 0 Å². The van der Waals surface area contributed by atoms with Crippen LogP contribution in [0.25, 0.3) is 11.0 Å². The van der Waals surface area contributed by atoms with E-state index < -0.39 is 0 Å². The Bertz CT molecular complexity index is 1120. The van der Waals surface area contributed by atoms with E-state index in [1.807, 2.05) is 24.3 Å². The number of carbonyl (C=O) groups excluding carboxylic acids is 1. The molecule has 4 N–H and O–H groups in total. The maximum absolute atomic E-state index is 11.5. The quantitative estimate of drug-likeness (QED) is 0.259. The van der Waals surface area contributed by atoms with Gasteiger partial charge < -0.3 is 21.1 Å². The molecular formula is C21H24N8O2. The van der Waals surface area contributed by atoms with Gasteiger partial charge in [0.1, 0.15) is 0 Å². The molecule has 3 rings (SSSR count). The molecule has 0 radical (unpaired) electrons. The third-order valence-electron chi connectivity index (χ3n) is 4.18. The molecule has 2 heterocycles. The number of carbonyl (C=O) groups is 1. The highest BCUT2D eigenvalue weighted by atomic mass is 16.5. The Morgan fingerprint density at radius 2 is 2.23 bits per heavy atom. The third-order valence-corrected chi connectivity index (χ3v) is 4.18. The van der Waals surface area contributed by atoms with Crippen molar-refractivity contribution in [3.8, 4) is 0 Å². The maximum Gasteiger partial charge on any atom is 0.247 e. The summed E-state index contributed by atoms with van der Waals surface area (Å²) in [7, 11) is 1.62. The first-order chi connectivity index (χ1) is 15.1. The summed E-state index contributed by atoms with van der Waals surface area (Å²) >= 11 is 0. The van der Waals surface area contributed by atoms with Crippen molar-refractivity contribution in [3.63, 3.8) is 0 Å². The molecule has 0 aliphatic carbocycles. The minimum atomic E-state index is -0.264. The normalized spacial score (nSPS) is 11.7. The predicted octanol–water partition coefficient (Wildman–Crippen LogP) is 1.93. The maximum atomic E-state index is 11.5. The molecule has 31 heavy (non-hydrogen) atoms. The number of hydrogen-bond acceptors (Lipinski definition) is 8. The van der Waals surface area contributed by atoms with E-state index in [4.69, 9.17) is 10.5 Å². The number of fused-ring (bicyclic) bond motifs is 1. The van der Waals surface area contributed by atoms with E-state index in [2.05, 4.69) is 37.3 Å². The summed E-state index contributed by atoms with van der Waals surface area (Å²) in [5.74, 6) is 0.107. The van der Waals surface area contributed by atoms with Gasteiger partial charge in [-0.2, -0.15) is 10.1 Å². The Kier molecular flexibility index (Phi) is 7.44. The largest absolute Gasteiger partial charge is 0.403 e. The second-order valence-corrected chi connectivity index (χ2v) is 6.44. The molecule has 0 aliphatic heterocycles. The summed E-state index contributed by atoms with van der Waals surface area (Å²) in [6.45, 7) is 4.97. The van der Waals surface area contributed by atoms with E-state index in [1.165, 1.54) is 12.3 Å². The Morgan fingerprint density at radius 3 is 3.00 bits per heavy atom. The molecule has 3 aromatic rings. The number of aliphatic imine (C=N–C) groups is 1. The van der Waals surface area contributed by atoms with Crippen molar-refractivity contribution in [2.75, 3.05) is 30.9 Å². The minimum absolute atomic E-state index is 0.264. The van der Waals surface area contributed by atoms with Crippen LogP contribution < -0.4 is 16.4 Å². The number of methoxy groups -OCH3 is 1. The van der Waals surface area contributed by atoms with Crippen LogP contribution in [0.15, 0.2) is 66.2 Å². The van der Waals surface area contributed by atoms with Gasteiger partial charge in [0.05, 0.1) is 37.0 Å². The summed E-state index contributed by atoms with van der Waals surface area (Å²) in [4.78, 5) is 24.6. The summed E-state index contributed by atoms with van der Waals surface area (Å²) in [5, 5.41) is 11.0. The molecule has 0 saturated carbocycles. The zero-order chi connectivity index (χ0) is 22.1. The number of allylic oxidation sites excluding steroid dienone is 1. The summed E-state index contributed by atoms with van der Waals surface area (Å²) < 4.78 is 6.72. The minimum Gasteiger partial charge on any atom is -0.403 e. The number of rotatable bonds is 10. The predicted molar refractivity (Wildman–Crippen MR) is 121 cm³/mol. The zero-order valence-corrected chi connectivity index (χ0v) is 17.2. The monoisotopic (exact) mass is 420 g/mol. The van der Waals surface area contributed by atoms with Crippen molar-refractivity contribution >= 4 is 34.8 Å². The lowest BCUT2D eigenvalue weighted by Crippen LogP contribution is -2.10. The van der Waals surface area contributed by atoms with Gasteiger partial charge in [-0.05, 0) is 23.8 Å². The number of nitrogens with zero attached hydrogens (tertiary/aromatic N) is 5. The van der Waals surface area contributed by atoms with E-state index in [0.29, 0.717) is 42.7 Å². The number of ether oxygens (including phenoxy) is 1. The summed E-state index contributed by atoms with van der Waals surface area (Å²) in [5.41, 5.74) is 8.52. The van der Waals surface area contributed by atoms with Gasteiger partial charge in [-0.15, -0.1) is 0 Å². The van der Waals surface area contributed by atoms with Gasteiger partial charge in [0.25, 0.3) is 0 Å². The van der Waals surface area contributed by atoms with Gasteiger partial charge in [-0.1, -0.05) is 18.7 Å². The Morgan fingerprint density at radius 1 is 1.35 bits per heavy atom. The molecule has 2 aromatic heterocycles. The Labute approximate surface area is 179 Å². The van der Waals surface area contributed by atoms with Crippen molar-refractivity contribution in [3.05, 3.63) is 66.8 Å². The number of nitrogens with two attached hydrogens (primary N) is 1. The molecule has 0 spiro atoms. The average Bonchev–Trinajstić information content (AvgIpc) is 3.18. The van der Waals surface area contributed by atoms with Gasteiger partial charge >= 0.3 is 0 Å². The number of aromatic nitrogens is 4. The lowest BCUT2D eigenvalue weighted by atomic mass is 10.2. The zero-order valence-electron chi connectivity index (χ0n) is 17.2. The van der Waals surface area contributed by atoms with Crippen LogP contribution in [0.5, 0.6) is 0 Å². The fraction of sp³-hybridized carbons (Fsp3) is 0.190. The lowest BCUT2D eigenvalue weighted by Gasteiger charge is -2.08. The van der Waals surface area contributed by atoms with E-state index in [0.717, 1.165) is 10.9 Å². The fourth-order valence-electron chi connectivity index (χ4n) is 2.71. The van der Waals surface area contributed by atoms with Crippen LogP contribution in [-0.4, -0.2) is 52.1 Å². The number of hydrogen-bond donors (Lipinski definition) is 3. The molecule has 0 atom stereocenters. The van der Waals surface area contributed by atoms with Gasteiger partial charge in [-0.3, -0.25) is 9.79 Å². The average molecular weight is 420 g/mol. The molecule has 0 saturated heterocycles. The second-order valence-electron chi connectivity index (χ2n) is 6.44. The molecule has 160 valence electrons. The molecule has 10 nitrogen and oxygen atoms in total. The molecule has 0 fully saturated rings. The topological polar surface area (TPSA) is 132 Å². The molecule has 10 heteroatoms. The Balaban J connectivity index is 1.77. The molecule has 0 unspecified atom stereocenters. The van der Waals surface area contributed by atoms with Crippen LogP contribution in [0.3, 0.4) is 0 Å². The van der Waals surface area contributed by atoms with Crippen molar-refractivity contribution in [1.29, 1.82) is 0 Å². The highest BCUT2D eigenvalue weighted by Gasteiger charge is 2.09. The number of anilines is 2. The Hall–Kier alpha value is -4.05. The smallest absolute Gasteiger partial charge is 0.247 e. The summed E-state index contributed by atoms with van der Waals surface area (Å²) in [6, 6.07) is 7.50. The first kappa shape index (κ1) is 21.7. The number of nitrogens with one attached hydrogen (secondary N) is 2.